The maximum Gasteiger partial charge on any atom is 0.167 e. The van der Waals surface area contributed by atoms with Gasteiger partial charge in [-0.1, -0.05) is 77.7 Å². The summed E-state index contributed by atoms with van der Waals surface area (Å²) >= 11 is 9.21. The molecule has 2 aromatic carbocycles. The van der Waals surface area contributed by atoms with Gasteiger partial charge in [0.2, 0.25) is 0 Å². The maximum atomic E-state index is 12.5. The lowest BCUT2D eigenvalue weighted by Gasteiger charge is -2.38. The number of aryl methyl sites for hydroxylation is 2. The second kappa shape index (κ2) is 7.46. The minimum Gasteiger partial charge on any atom is -0.374 e. The molecule has 2 aliphatic rings. The molecule has 0 spiro atoms. The van der Waals surface area contributed by atoms with E-state index in [2.05, 4.69) is 57.3 Å². The van der Waals surface area contributed by atoms with Gasteiger partial charge in [-0.3, -0.25) is 4.79 Å². The summed E-state index contributed by atoms with van der Waals surface area (Å²) in [6.07, 6.45) is 0. The number of Topliss-reactive ketones (excluding diaryl/α,β-unsaturated/α-hetero) is 1. The number of anilines is 1. The molecule has 0 aromatic heterocycles. The molecule has 2 aliphatic heterocycles. The molecule has 1 N–H and O–H groups in total. The summed E-state index contributed by atoms with van der Waals surface area (Å²) in [4.78, 5) is 15.2. The quantitative estimate of drug-likeness (QED) is 0.404. The van der Waals surface area contributed by atoms with Crippen molar-refractivity contribution in [3.8, 4) is 0 Å². The van der Waals surface area contributed by atoms with Crippen molar-refractivity contribution in [3.05, 3.63) is 73.9 Å². The molecule has 4 rings (SSSR count). The predicted octanol–water partition coefficient (Wildman–Crippen LogP) is 6.98. The zero-order valence-corrected chi connectivity index (χ0v) is 19.6. The number of ketones is 1. The zero-order chi connectivity index (χ0) is 20.9. The van der Waals surface area contributed by atoms with E-state index in [1.165, 1.54) is 11.1 Å². The van der Waals surface area contributed by atoms with Gasteiger partial charge in [0, 0.05) is 26.6 Å². The standard InChI is InChI=1S/C24H23NOS3/c1-13-11-14(2)19-17(12-13)18(22(27)24(4,5)25-19)23-28-20(15(3)26)21(29-23)16-9-7-6-8-10-16/h6-12,25H,1-5H3/b23-18+. The van der Waals surface area contributed by atoms with E-state index in [9.17, 15) is 4.79 Å². The van der Waals surface area contributed by atoms with Crippen molar-refractivity contribution in [3.63, 3.8) is 0 Å². The molecular weight excluding hydrogens is 414 g/mol. The molecular formula is C24H23NOS3. The average Bonchev–Trinajstić information content (AvgIpc) is 3.10. The highest BCUT2D eigenvalue weighted by atomic mass is 32.2. The van der Waals surface area contributed by atoms with E-state index in [1.807, 2.05) is 18.2 Å². The third-order valence-electron chi connectivity index (χ3n) is 5.14. The number of hydrogen-bond acceptors (Lipinski definition) is 5. The molecule has 0 saturated heterocycles. The maximum absolute atomic E-state index is 12.5. The molecule has 0 bridgehead atoms. The second-order valence-electron chi connectivity index (χ2n) is 8.03. The fourth-order valence-corrected chi connectivity index (χ4v) is 6.90. The van der Waals surface area contributed by atoms with Gasteiger partial charge in [0.1, 0.15) is 0 Å². The van der Waals surface area contributed by atoms with E-state index < -0.39 is 0 Å². The van der Waals surface area contributed by atoms with Crippen molar-refractivity contribution in [2.75, 3.05) is 5.32 Å². The highest BCUT2D eigenvalue weighted by Gasteiger charge is 2.38. The van der Waals surface area contributed by atoms with Crippen LogP contribution in [0.1, 0.15) is 43.0 Å². The first-order valence-corrected chi connectivity index (χ1v) is 11.6. The summed E-state index contributed by atoms with van der Waals surface area (Å²) in [6.45, 7) is 10.1. The van der Waals surface area contributed by atoms with Crippen LogP contribution >= 0.6 is 35.7 Å². The molecule has 2 aromatic rings. The molecule has 0 radical (unpaired) electrons. The summed E-state index contributed by atoms with van der Waals surface area (Å²) in [5.41, 5.74) is 6.52. The SMILES string of the molecule is CC(=O)C1=C(c2ccccc2)S/C(=C2/C(=S)C(C)(C)Nc3c(C)cc(C)cc32)S1. The van der Waals surface area contributed by atoms with Gasteiger partial charge in [-0.05, 0) is 51.8 Å². The lowest BCUT2D eigenvalue weighted by molar-refractivity contribution is -0.112. The van der Waals surface area contributed by atoms with Crippen molar-refractivity contribution in [2.24, 2.45) is 0 Å². The smallest absolute Gasteiger partial charge is 0.167 e. The lowest BCUT2D eigenvalue weighted by atomic mass is 9.84. The number of rotatable bonds is 2. The lowest BCUT2D eigenvalue weighted by Crippen LogP contribution is -2.43. The minimum absolute atomic E-state index is 0.0942. The first-order valence-electron chi connectivity index (χ1n) is 9.54. The van der Waals surface area contributed by atoms with Crippen LogP contribution in [0.3, 0.4) is 0 Å². The molecule has 148 valence electrons. The van der Waals surface area contributed by atoms with Crippen LogP contribution in [0.15, 0.2) is 51.6 Å². The van der Waals surface area contributed by atoms with Gasteiger partial charge >= 0.3 is 0 Å². The fraction of sp³-hybridized carbons (Fsp3) is 0.250. The van der Waals surface area contributed by atoms with Crippen LogP contribution in [0.25, 0.3) is 10.5 Å². The molecule has 29 heavy (non-hydrogen) atoms. The van der Waals surface area contributed by atoms with E-state index in [-0.39, 0.29) is 11.3 Å². The summed E-state index contributed by atoms with van der Waals surface area (Å²) in [7, 11) is 0. The molecule has 0 aliphatic carbocycles. The zero-order valence-electron chi connectivity index (χ0n) is 17.2. The molecule has 2 nitrogen and oxygen atoms in total. The topological polar surface area (TPSA) is 29.1 Å². The summed E-state index contributed by atoms with van der Waals surface area (Å²) in [5, 5.41) is 3.64. The number of carbonyl (C=O) groups is 1. The third kappa shape index (κ3) is 3.60. The van der Waals surface area contributed by atoms with Gasteiger partial charge in [0.25, 0.3) is 0 Å². The van der Waals surface area contributed by atoms with Crippen LogP contribution in [0.5, 0.6) is 0 Å². The Hall–Kier alpha value is -1.82. The Kier molecular flexibility index (Phi) is 5.26. The van der Waals surface area contributed by atoms with E-state index in [0.717, 1.165) is 41.3 Å². The van der Waals surface area contributed by atoms with Gasteiger partial charge in [-0.25, -0.2) is 0 Å². The van der Waals surface area contributed by atoms with Crippen LogP contribution in [0, 0.1) is 13.8 Å². The Morgan fingerprint density at radius 3 is 2.41 bits per heavy atom. The predicted molar refractivity (Wildman–Crippen MR) is 132 cm³/mol. The molecule has 0 saturated carbocycles. The Labute approximate surface area is 186 Å². The second-order valence-corrected chi connectivity index (χ2v) is 10.7. The van der Waals surface area contributed by atoms with E-state index in [1.54, 1.807) is 30.4 Å². The number of benzene rings is 2. The molecule has 5 heteroatoms. The highest BCUT2D eigenvalue weighted by molar-refractivity contribution is 8.32. The van der Waals surface area contributed by atoms with Crippen LogP contribution in [0.2, 0.25) is 0 Å². The first-order chi connectivity index (χ1) is 13.7. The number of thioether (sulfide) groups is 2. The molecule has 0 atom stereocenters. The summed E-state index contributed by atoms with van der Waals surface area (Å²) < 4.78 is 1.10. The Morgan fingerprint density at radius 1 is 1.07 bits per heavy atom. The number of hydrogen-bond donors (Lipinski definition) is 1. The number of allylic oxidation sites excluding steroid dienone is 1. The Morgan fingerprint density at radius 2 is 1.76 bits per heavy atom. The third-order valence-corrected chi connectivity index (χ3v) is 8.60. The molecule has 0 unspecified atom stereocenters. The van der Waals surface area contributed by atoms with E-state index in [4.69, 9.17) is 12.2 Å². The van der Waals surface area contributed by atoms with Crippen LogP contribution in [-0.4, -0.2) is 16.2 Å². The molecule has 0 amide bonds. The number of carbonyl (C=O) groups excluding carboxylic acids is 1. The van der Waals surface area contributed by atoms with Crippen LogP contribution < -0.4 is 5.32 Å². The van der Waals surface area contributed by atoms with Crippen molar-refractivity contribution < 1.29 is 4.79 Å². The fourth-order valence-electron chi connectivity index (χ4n) is 3.75. The highest BCUT2D eigenvalue weighted by Crippen LogP contribution is 2.58. The Bertz CT molecular complexity index is 1110. The van der Waals surface area contributed by atoms with Gasteiger partial charge in [-0.15, -0.1) is 0 Å². The molecule has 0 fully saturated rings. The van der Waals surface area contributed by atoms with Gasteiger partial charge in [0.15, 0.2) is 5.78 Å². The largest absolute Gasteiger partial charge is 0.374 e. The first kappa shape index (κ1) is 20.5. The summed E-state index contributed by atoms with van der Waals surface area (Å²) in [5.74, 6) is 0.0942. The molecule has 2 heterocycles. The summed E-state index contributed by atoms with van der Waals surface area (Å²) in [6, 6.07) is 14.5. The van der Waals surface area contributed by atoms with Crippen molar-refractivity contribution in [1.29, 1.82) is 0 Å². The van der Waals surface area contributed by atoms with Gasteiger partial charge < -0.3 is 5.32 Å². The Balaban J connectivity index is 1.92. The van der Waals surface area contributed by atoms with Gasteiger partial charge in [0.05, 0.1) is 14.7 Å². The minimum atomic E-state index is -0.336. The van der Waals surface area contributed by atoms with Crippen molar-refractivity contribution >= 4 is 62.6 Å². The number of fused-ring (bicyclic) bond motifs is 1. The monoisotopic (exact) mass is 437 g/mol. The van der Waals surface area contributed by atoms with Crippen LogP contribution in [0.4, 0.5) is 5.69 Å². The van der Waals surface area contributed by atoms with Crippen LogP contribution in [-0.2, 0) is 4.79 Å². The van der Waals surface area contributed by atoms with Crippen molar-refractivity contribution in [1.82, 2.24) is 0 Å². The average molecular weight is 438 g/mol. The van der Waals surface area contributed by atoms with Gasteiger partial charge in [-0.2, -0.15) is 0 Å². The number of nitrogens with one attached hydrogen (secondary N) is 1. The number of thiocarbonyl (C=S) groups is 1. The van der Waals surface area contributed by atoms with E-state index >= 15 is 0 Å². The normalized spacial score (nSPS) is 20.5. The van der Waals surface area contributed by atoms with Crippen molar-refractivity contribution in [2.45, 2.75) is 40.2 Å². The van der Waals surface area contributed by atoms with E-state index in [0.29, 0.717) is 0 Å².